The van der Waals surface area contributed by atoms with Crippen LogP contribution in [0, 0.1) is 0 Å². The highest BCUT2D eigenvalue weighted by Crippen LogP contribution is 2.26. The van der Waals surface area contributed by atoms with Crippen molar-refractivity contribution in [3.63, 3.8) is 0 Å². The topological polar surface area (TPSA) is 110 Å². The van der Waals surface area contributed by atoms with E-state index in [4.69, 9.17) is 10.8 Å². The first-order valence-electron chi connectivity index (χ1n) is 6.01. The van der Waals surface area contributed by atoms with Crippen molar-refractivity contribution in [3.05, 3.63) is 22.7 Å². The SMILES string of the molecule is NC(=O)NCCn1c(SCC(=O)O)nc2ccc(Br)cc21. The number of benzene rings is 1. The first-order valence-corrected chi connectivity index (χ1v) is 7.79. The van der Waals surface area contributed by atoms with Crippen molar-refractivity contribution in [1.82, 2.24) is 14.9 Å². The number of hydrogen-bond acceptors (Lipinski definition) is 4. The fourth-order valence-corrected chi connectivity index (χ4v) is 2.93. The quantitative estimate of drug-likeness (QED) is 0.667. The standard InChI is InChI=1S/C12H13BrN4O3S/c13-7-1-2-8-9(5-7)17(4-3-15-11(14)20)12(16-8)21-6-10(18)19/h1-2,5H,3-4,6H2,(H,18,19)(H3,14,15,20). The Morgan fingerprint density at radius 3 is 2.90 bits per heavy atom. The molecule has 112 valence electrons. The minimum absolute atomic E-state index is 0.0757. The number of carbonyl (C=O) groups excluding carboxylic acids is 1. The van der Waals surface area contributed by atoms with E-state index in [-0.39, 0.29) is 5.75 Å². The van der Waals surface area contributed by atoms with E-state index in [0.29, 0.717) is 18.2 Å². The monoisotopic (exact) mass is 372 g/mol. The van der Waals surface area contributed by atoms with Gasteiger partial charge >= 0.3 is 12.0 Å². The third-order valence-corrected chi connectivity index (χ3v) is 4.09. The lowest BCUT2D eigenvalue weighted by molar-refractivity contribution is -0.133. The number of hydrogen-bond donors (Lipinski definition) is 3. The number of carbonyl (C=O) groups is 2. The number of halogens is 1. The van der Waals surface area contributed by atoms with Crippen LogP contribution in [0.1, 0.15) is 0 Å². The molecule has 9 heteroatoms. The number of thioether (sulfide) groups is 1. The Hall–Kier alpha value is -1.74. The van der Waals surface area contributed by atoms with E-state index in [1.54, 1.807) is 0 Å². The molecule has 1 heterocycles. The summed E-state index contributed by atoms with van der Waals surface area (Å²) in [7, 11) is 0. The number of nitrogens with zero attached hydrogens (tertiary/aromatic N) is 2. The molecule has 7 nitrogen and oxygen atoms in total. The maximum Gasteiger partial charge on any atom is 0.313 e. The number of amides is 2. The Morgan fingerprint density at radius 1 is 1.48 bits per heavy atom. The van der Waals surface area contributed by atoms with Gasteiger partial charge in [0.25, 0.3) is 0 Å². The summed E-state index contributed by atoms with van der Waals surface area (Å²) >= 11 is 4.54. The Labute approximate surface area is 133 Å². The highest BCUT2D eigenvalue weighted by atomic mass is 79.9. The summed E-state index contributed by atoms with van der Waals surface area (Å²) in [6.07, 6.45) is 0. The average molecular weight is 373 g/mol. The number of nitrogens with two attached hydrogens (primary N) is 1. The molecule has 1 aromatic heterocycles. The fraction of sp³-hybridized carbons (Fsp3) is 0.250. The van der Waals surface area contributed by atoms with Gasteiger partial charge in [0.2, 0.25) is 0 Å². The van der Waals surface area contributed by atoms with Gasteiger partial charge in [-0.25, -0.2) is 9.78 Å². The van der Waals surface area contributed by atoms with Gasteiger partial charge in [0.15, 0.2) is 5.16 Å². The lowest BCUT2D eigenvalue weighted by atomic mass is 10.3. The summed E-state index contributed by atoms with van der Waals surface area (Å²) in [4.78, 5) is 25.9. The predicted octanol–water partition coefficient (Wildman–Crippen LogP) is 1.64. The molecule has 0 fully saturated rings. The molecule has 2 rings (SSSR count). The zero-order chi connectivity index (χ0) is 15.4. The minimum atomic E-state index is -0.907. The van der Waals surface area contributed by atoms with Crippen LogP contribution in [-0.2, 0) is 11.3 Å². The van der Waals surface area contributed by atoms with Gasteiger partial charge in [0.05, 0.1) is 16.8 Å². The molecule has 4 N–H and O–H groups in total. The summed E-state index contributed by atoms with van der Waals surface area (Å²) in [5.41, 5.74) is 6.67. The zero-order valence-electron chi connectivity index (χ0n) is 10.9. The van der Waals surface area contributed by atoms with Crippen LogP contribution in [0.5, 0.6) is 0 Å². The van der Waals surface area contributed by atoms with Crippen LogP contribution in [-0.4, -0.2) is 39.0 Å². The van der Waals surface area contributed by atoms with E-state index in [9.17, 15) is 9.59 Å². The lowest BCUT2D eigenvalue weighted by Crippen LogP contribution is -2.32. The highest BCUT2D eigenvalue weighted by Gasteiger charge is 2.13. The predicted molar refractivity (Wildman–Crippen MR) is 83.4 cm³/mol. The summed E-state index contributed by atoms with van der Waals surface area (Å²) in [6.45, 7) is 0.797. The van der Waals surface area contributed by atoms with Crippen molar-refractivity contribution < 1.29 is 14.7 Å². The van der Waals surface area contributed by atoms with Crippen molar-refractivity contribution >= 4 is 50.7 Å². The van der Waals surface area contributed by atoms with E-state index in [2.05, 4.69) is 26.2 Å². The van der Waals surface area contributed by atoms with Crippen LogP contribution in [0.2, 0.25) is 0 Å². The van der Waals surface area contributed by atoms with E-state index < -0.39 is 12.0 Å². The molecular formula is C12H13BrN4O3S. The molecule has 2 amide bonds. The fourth-order valence-electron chi connectivity index (χ4n) is 1.82. The molecule has 0 radical (unpaired) electrons. The third kappa shape index (κ3) is 4.11. The molecule has 0 aliphatic rings. The van der Waals surface area contributed by atoms with E-state index in [1.807, 2.05) is 22.8 Å². The van der Waals surface area contributed by atoms with Crippen molar-refractivity contribution in [2.75, 3.05) is 12.3 Å². The molecule has 0 aliphatic heterocycles. The second-order valence-electron chi connectivity index (χ2n) is 4.15. The van der Waals surface area contributed by atoms with Crippen LogP contribution in [0.3, 0.4) is 0 Å². The molecule has 0 atom stereocenters. The van der Waals surface area contributed by atoms with Gasteiger partial charge in [-0.15, -0.1) is 0 Å². The van der Waals surface area contributed by atoms with Crippen molar-refractivity contribution in [2.45, 2.75) is 11.7 Å². The lowest BCUT2D eigenvalue weighted by Gasteiger charge is -2.08. The molecular weight excluding hydrogens is 360 g/mol. The maximum absolute atomic E-state index is 10.7. The van der Waals surface area contributed by atoms with Gasteiger partial charge in [-0.05, 0) is 18.2 Å². The van der Waals surface area contributed by atoms with Crippen LogP contribution in [0.4, 0.5) is 4.79 Å². The smallest absolute Gasteiger partial charge is 0.313 e. The molecule has 21 heavy (non-hydrogen) atoms. The second kappa shape index (κ2) is 6.81. The second-order valence-corrected chi connectivity index (χ2v) is 6.01. The summed E-state index contributed by atoms with van der Waals surface area (Å²) in [5.74, 6) is -0.983. The van der Waals surface area contributed by atoms with E-state index in [1.165, 1.54) is 0 Å². The Kier molecular flexibility index (Phi) is 5.07. The highest BCUT2D eigenvalue weighted by molar-refractivity contribution is 9.10. The van der Waals surface area contributed by atoms with Crippen LogP contribution in [0.15, 0.2) is 27.8 Å². The normalized spacial score (nSPS) is 10.7. The van der Waals surface area contributed by atoms with Gasteiger partial charge in [-0.2, -0.15) is 0 Å². The van der Waals surface area contributed by atoms with Gasteiger partial charge in [0.1, 0.15) is 0 Å². The largest absolute Gasteiger partial charge is 0.481 e. The molecule has 0 saturated heterocycles. The number of urea groups is 1. The number of imidazole rings is 1. The number of rotatable bonds is 6. The number of fused-ring (bicyclic) bond motifs is 1. The van der Waals surface area contributed by atoms with Crippen LogP contribution in [0.25, 0.3) is 11.0 Å². The summed E-state index contributed by atoms with van der Waals surface area (Å²) in [5, 5.41) is 11.9. The van der Waals surface area contributed by atoms with Gasteiger partial charge in [0, 0.05) is 17.6 Å². The first-order chi connectivity index (χ1) is 9.97. The third-order valence-electron chi connectivity index (χ3n) is 2.63. The van der Waals surface area contributed by atoms with Crippen molar-refractivity contribution in [3.8, 4) is 0 Å². The van der Waals surface area contributed by atoms with Gasteiger partial charge in [-0.3, -0.25) is 4.79 Å². The summed E-state index contributed by atoms with van der Waals surface area (Å²) in [6, 6.07) is 5.02. The molecule has 1 aromatic carbocycles. The molecule has 0 saturated carbocycles. The minimum Gasteiger partial charge on any atom is -0.481 e. The van der Waals surface area contributed by atoms with E-state index in [0.717, 1.165) is 27.3 Å². The Bertz CT molecular complexity index is 688. The number of aliphatic carboxylic acids is 1. The Morgan fingerprint density at radius 2 is 2.24 bits per heavy atom. The zero-order valence-corrected chi connectivity index (χ0v) is 13.3. The molecule has 0 aliphatic carbocycles. The van der Waals surface area contributed by atoms with Crippen molar-refractivity contribution in [1.29, 1.82) is 0 Å². The molecule has 2 aromatic rings. The Balaban J connectivity index is 2.30. The van der Waals surface area contributed by atoms with Gasteiger partial charge < -0.3 is 20.7 Å². The van der Waals surface area contributed by atoms with Gasteiger partial charge in [-0.1, -0.05) is 27.7 Å². The number of carboxylic acid groups (broad SMARTS) is 1. The molecule has 0 bridgehead atoms. The number of nitrogens with one attached hydrogen (secondary N) is 1. The number of primary amides is 1. The summed E-state index contributed by atoms with van der Waals surface area (Å²) < 4.78 is 2.76. The number of carboxylic acids is 1. The number of aromatic nitrogens is 2. The van der Waals surface area contributed by atoms with E-state index >= 15 is 0 Å². The molecule has 0 unspecified atom stereocenters. The average Bonchev–Trinajstić information content (AvgIpc) is 2.74. The first kappa shape index (κ1) is 15.6. The van der Waals surface area contributed by atoms with Crippen molar-refractivity contribution in [2.24, 2.45) is 5.73 Å². The van der Waals surface area contributed by atoms with Crippen LogP contribution >= 0.6 is 27.7 Å². The van der Waals surface area contributed by atoms with Crippen LogP contribution < -0.4 is 11.1 Å². The molecule has 0 spiro atoms. The maximum atomic E-state index is 10.7.